The Labute approximate surface area is 340 Å². The summed E-state index contributed by atoms with van der Waals surface area (Å²) >= 11 is -1.64. The molecule has 3 aliphatic carbocycles. The van der Waals surface area contributed by atoms with Crippen LogP contribution in [0.2, 0.25) is 22.0 Å². The molecule has 3 aromatic heterocycles. The maximum absolute atomic E-state index is 9.52. The molecule has 4 nitrogen and oxygen atoms in total. The van der Waals surface area contributed by atoms with Gasteiger partial charge in [-0.2, -0.15) is 0 Å². The Hall–Kier alpha value is -3.21. The summed E-state index contributed by atoms with van der Waals surface area (Å²) < 4.78 is 19.3. The molecule has 3 aliphatic rings. The number of hydrogen-bond donors (Lipinski definition) is 0. The van der Waals surface area contributed by atoms with Gasteiger partial charge in [-0.05, 0) is 61.6 Å². The Kier molecular flexibility index (Phi) is 10.6. The number of rotatable bonds is 7. The molecular formula is C48H53GeN3OPt. The molecule has 3 aromatic carbocycles. The number of pyridine rings is 2. The van der Waals surface area contributed by atoms with E-state index in [4.69, 9.17) is 14.7 Å². The summed E-state index contributed by atoms with van der Waals surface area (Å²) in [5.41, 5.74) is 6.73. The third-order valence-electron chi connectivity index (χ3n) is 13.2. The van der Waals surface area contributed by atoms with E-state index in [-0.39, 0.29) is 21.1 Å². The molecule has 0 aliphatic heterocycles. The topological polar surface area (TPSA) is 39.9 Å². The zero-order valence-electron chi connectivity index (χ0n) is 33.1. The van der Waals surface area contributed by atoms with Crippen molar-refractivity contribution in [3.63, 3.8) is 0 Å². The van der Waals surface area contributed by atoms with Gasteiger partial charge in [-0.3, -0.25) is 0 Å². The number of para-hydroxylation sites is 1. The minimum absolute atomic E-state index is 0. The van der Waals surface area contributed by atoms with Crippen molar-refractivity contribution in [1.29, 1.82) is 0 Å². The quantitative estimate of drug-likeness (QED) is 0.118. The van der Waals surface area contributed by atoms with Gasteiger partial charge in [0.05, 0.1) is 0 Å². The first-order chi connectivity index (χ1) is 26.2. The SMILES string of the molecule is [2H]C1(c2ccnc(-c3[c-]c(Oc4[c-]c5c(cc4)c4ccccc4n5-c4cc(C5CC[CH]([Ge]([CH3])([CH3])[CH3])CC5)ccn4)ccc3)c2)CCC2(CCCCC2)CC1.[Pt+2]. The molecule has 0 N–H and O–H groups in total. The van der Waals surface area contributed by atoms with Gasteiger partial charge in [0.2, 0.25) is 0 Å². The molecule has 0 bridgehead atoms. The van der Waals surface area contributed by atoms with Crippen LogP contribution in [0.15, 0.2) is 91.3 Å². The van der Waals surface area contributed by atoms with Crippen LogP contribution in [-0.4, -0.2) is 27.8 Å². The van der Waals surface area contributed by atoms with Crippen LogP contribution in [0.3, 0.4) is 0 Å². The zero-order chi connectivity index (χ0) is 36.9. The molecule has 3 heterocycles. The van der Waals surface area contributed by atoms with E-state index < -0.39 is 19.2 Å². The van der Waals surface area contributed by atoms with Crippen LogP contribution in [0.5, 0.6) is 11.5 Å². The number of hydrogen-bond acceptors (Lipinski definition) is 3. The molecular weight excluding hydrogens is 902 g/mol. The molecule has 0 saturated heterocycles. The molecule has 9 rings (SSSR count). The van der Waals surface area contributed by atoms with Crippen LogP contribution < -0.4 is 4.74 Å². The summed E-state index contributed by atoms with van der Waals surface area (Å²) in [7, 11) is 0. The molecule has 280 valence electrons. The van der Waals surface area contributed by atoms with E-state index in [1.165, 1.54) is 81.6 Å². The van der Waals surface area contributed by atoms with E-state index in [0.29, 0.717) is 22.8 Å². The summed E-state index contributed by atoms with van der Waals surface area (Å²) in [6.07, 6.45) is 20.1. The van der Waals surface area contributed by atoms with E-state index >= 15 is 0 Å². The van der Waals surface area contributed by atoms with Crippen molar-refractivity contribution >= 4 is 35.1 Å². The van der Waals surface area contributed by atoms with Crippen LogP contribution in [0.1, 0.15) is 108 Å². The number of ether oxygens (including phenoxy) is 1. The Morgan fingerprint density at radius 3 is 2.26 bits per heavy atom. The average molecular weight is 957 g/mol. The van der Waals surface area contributed by atoms with Crippen LogP contribution in [0, 0.1) is 17.5 Å². The monoisotopic (exact) mass is 957 g/mol. The fourth-order valence-electron chi connectivity index (χ4n) is 10.0. The van der Waals surface area contributed by atoms with Crippen molar-refractivity contribution in [1.82, 2.24) is 14.5 Å². The molecule has 6 heteroatoms. The van der Waals surface area contributed by atoms with Gasteiger partial charge in [-0.25, -0.2) is 0 Å². The summed E-state index contributed by atoms with van der Waals surface area (Å²) in [4.78, 5) is 9.69. The van der Waals surface area contributed by atoms with Gasteiger partial charge in [0.25, 0.3) is 0 Å². The second kappa shape index (κ2) is 15.7. The fraction of sp³-hybridized carbons (Fsp3) is 0.417. The predicted molar refractivity (Wildman–Crippen MR) is 221 cm³/mol. The normalized spacial score (nSPS) is 21.4. The maximum atomic E-state index is 9.52. The zero-order valence-corrected chi connectivity index (χ0v) is 36.4. The van der Waals surface area contributed by atoms with Gasteiger partial charge < -0.3 is 4.98 Å². The van der Waals surface area contributed by atoms with Crippen molar-refractivity contribution in [2.45, 2.75) is 117 Å². The first-order valence-electron chi connectivity index (χ1n) is 20.8. The van der Waals surface area contributed by atoms with Gasteiger partial charge in [-0.15, -0.1) is 23.8 Å². The summed E-state index contributed by atoms with van der Waals surface area (Å²) in [5, 5.41) is 2.31. The summed E-state index contributed by atoms with van der Waals surface area (Å²) in [6, 6.07) is 34.6. The standard InChI is InChI=1S/C48H53GeN3O.Pt/c1-49(2,3)39-16-14-34(15-17-39)37-23-29-51-47(32-37)52-45-13-6-5-12-42(45)43-19-18-41(33-46(43)52)53-40-11-9-10-38(30-40)44-31-36(22-28-50-44)35-20-26-48(27-21-35)24-7-4-8-25-48;/h5-6,9-13,18-19,22-23,28-29,31-32,34-35,39H,4,7-8,14-17,20-21,24-27H2,1-3H3;/q-2;+2/i35D;. The number of fused-ring (bicyclic) bond motifs is 3. The Bertz CT molecular complexity index is 2290. The number of aromatic nitrogens is 3. The van der Waals surface area contributed by atoms with Gasteiger partial charge in [0.1, 0.15) is 0 Å². The average Bonchev–Trinajstić information content (AvgIpc) is 3.53. The van der Waals surface area contributed by atoms with Crippen molar-refractivity contribution < 1.29 is 27.2 Å². The molecule has 3 fully saturated rings. The van der Waals surface area contributed by atoms with Gasteiger partial charge >= 0.3 is 202 Å². The fourth-order valence-corrected chi connectivity index (χ4v) is 14.4. The van der Waals surface area contributed by atoms with E-state index in [1.54, 1.807) is 0 Å². The Morgan fingerprint density at radius 2 is 1.46 bits per heavy atom. The first-order valence-corrected chi connectivity index (χ1v) is 27.8. The second-order valence-corrected chi connectivity index (χ2v) is 29.1. The summed E-state index contributed by atoms with van der Waals surface area (Å²) in [6.45, 7) is 0. The van der Waals surface area contributed by atoms with Crippen LogP contribution in [0.4, 0.5) is 0 Å². The van der Waals surface area contributed by atoms with Gasteiger partial charge in [0.15, 0.2) is 0 Å². The van der Waals surface area contributed by atoms with Crippen LogP contribution >= 0.6 is 0 Å². The van der Waals surface area contributed by atoms with E-state index in [0.717, 1.165) is 56.7 Å². The van der Waals surface area contributed by atoms with E-state index in [9.17, 15) is 1.37 Å². The smallest absolute Gasteiger partial charge is 0.142 e. The van der Waals surface area contributed by atoms with E-state index in [2.05, 4.69) is 88.6 Å². The maximum Gasteiger partial charge on any atom is 2.00 e. The molecule has 3 saturated carbocycles. The van der Waals surface area contributed by atoms with Gasteiger partial charge in [-0.1, -0.05) is 37.0 Å². The Morgan fingerprint density at radius 1 is 0.722 bits per heavy atom. The predicted octanol–water partition coefficient (Wildman–Crippen LogP) is 13.6. The largest absolute Gasteiger partial charge is 2.00 e. The Balaban J connectivity index is 0.00000427. The minimum atomic E-state index is -1.64. The third-order valence-corrected chi connectivity index (χ3v) is 19.6. The molecule has 0 atom stereocenters. The van der Waals surface area contributed by atoms with Crippen LogP contribution in [-0.2, 0) is 21.1 Å². The molecule has 0 radical (unpaired) electrons. The summed E-state index contributed by atoms with van der Waals surface area (Å²) in [5.74, 6) is 9.94. The second-order valence-electron chi connectivity index (χ2n) is 17.4. The molecule has 0 amide bonds. The molecule has 1 spiro atoms. The number of benzene rings is 3. The number of nitrogens with zero attached hydrogens (tertiary/aromatic N) is 3. The van der Waals surface area contributed by atoms with Crippen molar-refractivity contribution in [3.05, 3.63) is 115 Å². The van der Waals surface area contributed by atoms with Crippen molar-refractivity contribution in [2.24, 2.45) is 5.41 Å². The third kappa shape index (κ3) is 7.64. The molecule has 54 heavy (non-hydrogen) atoms. The minimum Gasteiger partial charge on any atom is -0.142 e. The van der Waals surface area contributed by atoms with Crippen molar-refractivity contribution in [2.75, 3.05) is 0 Å². The van der Waals surface area contributed by atoms with Crippen LogP contribution in [0.25, 0.3) is 38.9 Å². The van der Waals surface area contributed by atoms with E-state index in [1.807, 2.05) is 36.7 Å². The van der Waals surface area contributed by atoms with Crippen molar-refractivity contribution in [3.8, 4) is 28.6 Å². The molecule has 6 aromatic rings. The molecule has 0 unspecified atom stereocenters. The first kappa shape index (κ1) is 36.4. The van der Waals surface area contributed by atoms with Gasteiger partial charge in [0, 0.05) is 13.3 Å².